The van der Waals surface area contributed by atoms with Gasteiger partial charge in [-0.25, -0.2) is 10.5 Å². The largest absolute Gasteiger partial charge is 0.370 e. The molecule has 0 amide bonds. The van der Waals surface area contributed by atoms with E-state index >= 15 is 0 Å². The molecule has 6 nitrogen and oxygen atoms in total. The second-order valence-corrected chi connectivity index (χ2v) is 2.64. The quantitative estimate of drug-likeness (QED) is 0.251. The van der Waals surface area contributed by atoms with Gasteiger partial charge in [0.1, 0.15) is 0 Å². The highest BCUT2D eigenvalue weighted by Crippen LogP contribution is 1.86. The van der Waals surface area contributed by atoms with Crippen LogP contribution in [-0.4, -0.2) is 25.1 Å². The molecule has 0 unspecified atom stereocenters. The summed E-state index contributed by atoms with van der Waals surface area (Å²) < 4.78 is 0. The van der Waals surface area contributed by atoms with Crippen LogP contribution in [0.2, 0.25) is 0 Å². The SMILES string of the molecule is CCCCONC(N=C(N)N)=NCC. The fraction of sp³-hybridized carbons (Fsp3) is 0.750. The Morgan fingerprint density at radius 2 is 2.07 bits per heavy atom. The van der Waals surface area contributed by atoms with Crippen molar-refractivity contribution in [2.24, 2.45) is 21.5 Å². The van der Waals surface area contributed by atoms with Crippen LogP contribution in [0.25, 0.3) is 0 Å². The van der Waals surface area contributed by atoms with E-state index in [-0.39, 0.29) is 5.96 Å². The average molecular weight is 201 g/mol. The van der Waals surface area contributed by atoms with Crippen LogP contribution in [0.3, 0.4) is 0 Å². The molecule has 0 aromatic heterocycles. The van der Waals surface area contributed by atoms with E-state index < -0.39 is 0 Å². The van der Waals surface area contributed by atoms with E-state index in [2.05, 4.69) is 22.4 Å². The van der Waals surface area contributed by atoms with Gasteiger partial charge in [0, 0.05) is 6.54 Å². The molecule has 0 saturated heterocycles. The predicted octanol–water partition coefficient (Wildman–Crippen LogP) is -0.0430. The van der Waals surface area contributed by atoms with Crippen LogP contribution in [0.4, 0.5) is 0 Å². The summed E-state index contributed by atoms with van der Waals surface area (Å²) >= 11 is 0. The average Bonchev–Trinajstić information content (AvgIpc) is 2.12. The lowest BCUT2D eigenvalue weighted by atomic mass is 10.4. The molecule has 5 N–H and O–H groups in total. The van der Waals surface area contributed by atoms with Crippen LogP contribution in [-0.2, 0) is 4.84 Å². The summed E-state index contributed by atoms with van der Waals surface area (Å²) in [6.45, 7) is 5.17. The summed E-state index contributed by atoms with van der Waals surface area (Å²) in [4.78, 5) is 12.8. The minimum absolute atomic E-state index is 0.0382. The highest BCUT2D eigenvalue weighted by molar-refractivity contribution is 5.92. The van der Waals surface area contributed by atoms with Crippen molar-refractivity contribution in [1.82, 2.24) is 5.48 Å². The Bertz CT molecular complexity index is 198. The van der Waals surface area contributed by atoms with Gasteiger partial charge in [-0.2, -0.15) is 4.99 Å². The number of nitrogens with zero attached hydrogens (tertiary/aromatic N) is 2. The number of aliphatic imine (C=N–C) groups is 2. The zero-order valence-electron chi connectivity index (χ0n) is 8.79. The number of unbranched alkanes of at least 4 members (excludes halogenated alkanes) is 1. The van der Waals surface area contributed by atoms with E-state index in [9.17, 15) is 0 Å². The molecule has 0 bridgehead atoms. The third-order valence-corrected chi connectivity index (χ3v) is 1.31. The molecule has 14 heavy (non-hydrogen) atoms. The van der Waals surface area contributed by atoms with Gasteiger partial charge in [0.05, 0.1) is 6.61 Å². The zero-order chi connectivity index (χ0) is 10.8. The van der Waals surface area contributed by atoms with Gasteiger partial charge in [0.25, 0.3) is 0 Å². The Morgan fingerprint density at radius 3 is 2.57 bits per heavy atom. The molecule has 0 aliphatic rings. The monoisotopic (exact) mass is 201 g/mol. The molecule has 0 heterocycles. The summed E-state index contributed by atoms with van der Waals surface area (Å²) in [5.41, 5.74) is 13.0. The first-order valence-corrected chi connectivity index (χ1v) is 4.72. The number of hydrogen-bond donors (Lipinski definition) is 3. The van der Waals surface area contributed by atoms with Crippen LogP contribution in [0.1, 0.15) is 26.7 Å². The lowest BCUT2D eigenvalue weighted by Gasteiger charge is -2.05. The summed E-state index contributed by atoms with van der Waals surface area (Å²) in [7, 11) is 0. The van der Waals surface area contributed by atoms with E-state index in [0.717, 1.165) is 12.8 Å². The summed E-state index contributed by atoms with van der Waals surface area (Å²) in [5, 5.41) is 0. The Morgan fingerprint density at radius 1 is 1.36 bits per heavy atom. The molecule has 6 heteroatoms. The second kappa shape index (κ2) is 8.31. The van der Waals surface area contributed by atoms with Crippen molar-refractivity contribution in [3.63, 3.8) is 0 Å². The van der Waals surface area contributed by atoms with E-state index in [1.54, 1.807) is 0 Å². The van der Waals surface area contributed by atoms with Crippen molar-refractivity contribution >= 4 is 11.9 Å². The minimum Gasteiger partial charge on any atom is -0.370 e. The number of hydrogen-bond acceptors (Lipinski definition) is 2. The van der Waals surface area contributed by atoms with Crippen molar-refractivity contribution in [2.45, 2.75) is 26.7 Å². The lowest BCUT2D eigenvalue weighted by molar-refractivity contribution is 0.0817. The molecule has 0 atom stereocenters. The second-order valence-electron chi connectivity index (χ2n) is 2.64. The number of rotatable bonds is 5. The van der Waals surface area contributed by atoms with Gasteiger partial charge in [-0.3, -0.25) is 4.84 Å². The van der Waals surface area contributed by atoms with E-state index in [0.29, 0.717) is 19.1 Å². The standard InChI is InChI=1S/C8H19N5O/c1-3-5-6-14-13-8(11-4-2)12-7(9)10/h3-6H2,1-2H3,(H5,9,10,11,12,13). The summed E-state index contributed by atoms with van der Waals surface area (Å²) in [5.74, 6) is 0.271. The molecule has 0 aliphatic carbocycles. The fourth-order valence-electron chi connectivity index (χ4n) is 0.695. The van der Waals surface area contributed by atoms with Gasteiger partial charge in [-0.05, 0) is 13.3 Å². The van der Waals surface area contributed by atoms with Crippen molar-refractivity contribution in [2.75, 3.05) is 13.2 Å². The molecule has 0 spiro atoms. The number of hydroxylamine groups is 1. The van der Waals surface area contributed by atoms with Gasteiger partial charge in [-0.15, -0.1) is 0 Å². The third kappa shape index (κ3) is 7.35. The van der Waals surface area contributed by atoms with Gasteiger partial charge in [-0.1, -0.05) is 13.3 Å². The molecule has 0 radical (unpaired) electrons. The van der Waals surface area contributed by atoms with Crippen molar-refractivity contribution < 1.29 is 4.84 Å². The summed E-state index contributed by atoms with van der Waals surface area (Å²) in [6.07, 6.45) is 2.05. The number of guanidine groups is 2. The maximum atomic E-state index is 5.21. The zero-order valence-corrected chi connectivity index (χ0v) is 8.79. The Balaban J connectivity index is 3.87. The number of nitrogens with two attached hydrogens (primary N) is 2. The van der Waals surface area contributed by atoms with E-state index in [4.69, 9.17) is 16.3 Å². The molecule has 0 aliphatic heterocycles. The van der Waals surface area contributed by atoms with Crippen molar-refractivity contribution in [1.29, 1.82) is 0 Å². The Hall–Kier alpha value is -1.30. The fourth-order valence-corrected chi connectivity index (χ4v) is 0.695. The third-order valence-electron chi connectivity index (χ3n) is 1.31. The molecule has 0 aromatic rings. The highest BCUT2D eigenvalue weighted by atomic mass is 16.6. The lowest BCUT2D eigenvalue weighted by Crippen LogP contribution is -2.30. The number of nitrogens with one attached hydrogen (secondary N) is 1. The maximum Gasteiger partial charge on any atom is 0.245 e. The van der Waals surface area contributed by atoms with Gasteiger partial charge >= 0.3 is 0 Å². The normalized spacial score (nSPS) is 11.1. The summed E-state index contributed by atoms with van der Waals surface area (Å²) in [6, 6.07) is 0. The molecular weight excluding hydrogens is 182 g/mol. The van der Waals surface area contributed by atoms with Gasteiger partial charge < -0.3 is 11.5 Å². The maximum absolute atomic E-state index is 5.21. The van der Waals surface area contributed by atoms with Crippen LogP contribution in [0, 0.1) is 0 Å². The first-order valence-electron chi connectivity index (χ1n) is 4.72. The van der Waals surface area contributed by atoms with Crippen LogP contribution >= 0.6 is 0 Å². The molecular formula is C8H19N5O. The highest BCUT2D eigenvalue weighted by Gasteiger charge is 1.95. The molecule has 0 fully saturated rings. The van der Waals surface area contributed by atoms with Crippen LogP contribution < -0.4 is 16.9 Å². The molecule has 0 saturated carbocycles. The van der Waals surface area contributed by atoms with E-state index in [1.165, 1.54) is 0 Å². The van der Waals surface area contributed by atoms with Crippen molar-refractivity contribution in [3.8, 4) is 0 Å². The topological polar surface area (TPSA) is 98.0 Å². The van der Waals surface area contributed by atoms with Crippen LogP contribution in [0.5, 0.6) is 0 Å². The minimum atomic E-state index is -0.0382. The molecule has 0 aromatic carbocycles. The van der Waals surface area contributed by atoms with Crippen molar-refractivity contribution in [3.05, 3.63) is 0 Å². The predicted molar refractivity (Wildman–Crippen MR) is 57.8 cm³/mol. The Kier molecular flexibility index (Phi) is 7.53. The van der Waals surface area contributed by atoms with Gasteiger partial charge in [0.2, 0.25) is 5.96 Å². The van der Waals surface area contributed by atoms with Gasteiger partial charge in [0.15, 0.2) is 5.96 Å². The molecule has 0 rings (SSSR count). The first kappa shape index (κ1) is 12.7. The smallest absolute Gasteiger partial charge is 0.245 e. The molecule has 82 valence electrons. The Labute approximate surface area is 84.4 Å². The van der Waals surface area contributed by atoms with Crippen LogP contribution in [0.15, 0.2) is 9.98 Å². The van der Waals surface area contributed by atoms with E-state index in [1.807, 2.05) is 6.92 Å². The first-order chi connectivity index (χ1) is 6.70.